The molecule has 0 saturated heterocycles. The summed E-state index contributed by atoms with van der Waals surface area (Å²) in [5.74, 6) is -0.529. The van der Waals surface area contributed by atoms with E-state index >= 15 is 0 Å². The minimum absolute atomic E-state index is 0.0220. The summed E-state index contributed by atoms with van der Waals surface area (Å²) in [6.07, 6.45) is 2.45. The van der Waals surface area contributed by atoms with Gasteiger partial charge in [0.25, 0.3) is 5.22 Å². The summed E-state index contributed by atoms with van der Waals surface area (Å²) < 4.78 is 11.1. The quantitative estimate of drug-likeness (QED) is 0.477. The average molecular weight is 354 g/mol. The second-order valence-electron chi connectivity index (χ2n) is 5.26. The lowest BCUT2D eigenvalue weighted by atomic mass is 10.2. The molecular formula is C19H16NO4S-. The van der Waals surface area contributed by atoms with Crippen molar-refractivity contribution in [1.82, 2.24) is 4.98 Å². The highest BCUT2D eigenvalue weighted by atomic mass is 32.2. The molecule has 0 saturated carbocycles. The first-order valence-electron chi connectivity index (χ1n) is 7.85. The number of para-hydroxylation sites is 2. The van der Waals surface area contributed by atoms with E-state index in [2.05, 4.69) is 4.98 Å². The molecule has 0 amide bonds. The minimum atomic E-state index is -1.28. The van der Waals surface area contributed by atoms with Crippen molar-refractivity contribution in [2.45, 2.75) is 18.6 Å². The van der Waals surface area contributed by atoms with Crippen molar-refractivity contribution >= 4 is 34.9 Å². The van der Waals surface area contributed by atoms with Crippen LogP contribution < -0.4 is 9.84 Å². The van der Waals surface area contributed by atoms with Gasteiger partial charge in [0.1, 0.15) is 11.3 Å². The van der Waals surface area contributed by atoms with Crippen LogP contribution in [-0.4, -0.2) is 17.6 Å². The fraction of sp³-hybridized carbons (Fsp3) is 0.158. The smallest absolute Gasteiger partial charge is 0.261 e. The molecule has 0 spiro atoms. The maximum atomic E-state index is 11.4. The fourth-order valence-electron chi connectivity index (χ4n) is 2.15. The first-order valence-corrected chi connectivity index (χ1v) is 8.66. The Morgan fingerprint density at radius 2 is 2.00 bits per heavy atom. The van der Waals surface area contributed by atoms with Gasteiger partial charge in [-0.3, -0.25) is 0 Å². The molecule has 3 aromatic rings. The number of hydrogen-bond donors (Lipinski definition) is 0. The Labute approximate surface area is 149 Å². The van der Waals surface area contributed by atoms with Crippen LogP contribution >= 0.6 is 11.8 Å². The molecule has 128 valence electrons. The predicted molar refractivity (Wildman–Crippen MR) is 95.1 cm³/mol. The number of fused-ring (bicyclic) bond motifs is 1. The monoisotopic (exact) mass is 354 g/mol. The number of ether oxygens (including phenoxy) is 1. The second-order valence-corrected chi connectivity index (χ2v) is 6.26. The zero-order valence-corrected chi connectivity index (χ0v) is 14.4. The number of oxazole rings is 1. The summed E-state index contributed by atoms with van der Waals surface area (Å²) in [4.78, 5) is 15.7. The molecule has 0 bridgehead atoms. The molecule has 0 aliphatic heterocycles. The van der Waals surface area contributed by atoms with Gasteiger partial charge >= 0.3 is 0 Å². The molecule has 0 aliphatic carbocycles. The van der Waals surface area contributed by atoms with Crippen LogP contribution in [0.4, 0.5) is 0 Å². The molecular weight excluding hydrogens is 338 g/mol. The van der Waals surface area contributed by atoms with Crippen LogP contribution in [0, 0.1) is 0 Å². The second kappa shape index (κ2) is 7.90. The minimum Gasteiger partial charge on any atom is -0.544 e. The maximum Gasteiger partial charge on any atom is 0.261 e. The van der Waals surface area contributed by atoms with E-state index in [0.717, 1.165) is 29.5 Å². The molecule has 3 rings (SSSR count). The lowest BCUT2D eigenvalue weighted by molar-refractivity contribution is -0.298. The van der Waals surface area contributed by atoms with E-state index in [1.165, 1.54) is 6.08 Å². The summed E-state index contributed by atoms with van der Waals surface area (Å²) in [6.45, 7) is 2.68. The zero-order valence-electron chi connectivity index (χ0n) is 13.6. The molecule has 5 nitrogen and oxygen atoms in total. The summed E-state index contributed by atoms with van der Waals surface area (Å²) in [6, 6.07) is 14.5. The Morgan fingerprint density at radius 3 is 2.68 bits per heavy atom. The Morgan fingerprint density at radius 1 is 1.24 bits per heavy atom. The lowest BCUT2D eigenvalue weighted by Crippen LogP contribution is -2.22. The predicted octanol–water partition coefficient (Wildman–Crippen LogP) is 3.50. The molecule has 1 heterocycles. The number of aromatic nitrogens is 1. The number of hydrogen-bond acceptors (Lipinski definition) is 6. The van der Waals surface area contributed by atoms with E-state index in [0.29, 0.717) is 17.7 Å². The van der Waals surface area contributed by atoms with Crippen molar-refractivity contribution in [2.24, 2.45) is 0 Å². The molecule has 25 heavy (non-hydrogen) atoms. The number of carbonyl (C=O) groups excluding carboxylic acids is 1. The van der Waals surface area contributed by atoms with Crippen LogP contribution in [0.5, 0.6) is 5.75 Å². The van der Waals surface area contributed by atoms with Gasteiger partial charge in [-0.25, -0.2) is 4.98 Å². The van der Waals surface area contributed by atoms with Gasteiger partial charge in [0.05, 0.1) is 12.6 Å². The molecule has 0 atom stereocenters. The molecule has 6 heteroatoms. The first kappa shape index (κ1) is 17.1. The van der Waals surface area contributed by atoms with Crippen LogP contribution in [0.2, 0.25) is 0 Å². The molecule has 0 N–H and O–H groups in total. The highest BCUT2D eigenvalue weighted by Crippen LogP contribution is 2.30. The largest absolute Gasteiger partial charge is 0.544 e. The fourth-order valence-corrected chi connectivity index (χ4v) is 2.89. The summed E-state index contributed by atoms with van der Waals surface area (Å²) in [5.41, 5.74) is 2.02. The van der Waals surface area contributed by atoms with Gasteiger partial charge in [0.2, 0.25) is 0 Å². The van der Waals surface area contributed by atoms with E-state index < -0.39 is 5.97 Å². The van der Waals surface area contributed by atoms with E-state index in [1.54, 1.807) is 36.4 Å². The number of benzene rings is 2. The van der Waals surface area contributed by atoms with Crippen LogP contribution in [0.15, 0.2) is 63.1 Å². The van der Waals surface area contributed by atoms with Crippen molar-refractivity contribution < 1.29 is 19.1 Å². The Hall–Kier alpha value is -2.73. The third-order valence-electron chi connectivity index (χ3n) is 3.32. The number of thioether (sulfide) groups is 1. The number of carbonyl (C=O) groups is 1. The summed E-state index contributed by atoms with van der Waals surface area (Å²) in [5, 5.41) is 11.7. The van der Waals surface area contributed by atoms with Crippen molar-refractivity contribution in [1.29, 1.82) is 0 Å². The highest BCUT2D eigenvalue weighted by Gasteiger charge is 2.10. The highest BCUT2D eigenvalue weighted by molar-refractivity contribution is 8.03. The van der Waals surface area contributed by atoms with E-state index in [9.17, 15) is 9.90 Å². The third-order valence-corrected chi connectivity index (χ3v) is 4.18. The van der Waals surface area contributed by atoms with E-state index in [4.69, 9.17) is 9.15 Å². The molecule has 0 fully saturated rings. The topological polar surface area (TPSA) is 75.4 Å². The van der Waals surface area contributed by atoms with Gasteiger partial charge in [-0.15, -0.1) is 0 Å². The Bertz CT molecular complexity index is 866. The van der Waals surface area contributed by atoms with Gasteiger partial charge in [-0.2, -0.15) is 0 Å². The normalized spacial score (nSPS) is 11.6. The first-order chi connectivity index (χ1) is 12.2. The van der Waals surface area contributed by atoms with Gasteiger partial charge in [-0.05, 0) is 54.1 Å². The van der Waals surface area contributed by atoms with Crippen LogP contribution in [0.1, 0.15) is 18.9 Å². The van der Waals surface area contributed by atoms with Crippen molar-refractivity contribution in [3.8, 4) is 5.75 Å². The van der Waals surface area contributed by atoms with E-state index in [-0.39, 0.29) is 10.1 Å². The SMILES string of the molecule is CCCOc1ccc(/C=C(/Sc2nc3ccccc3o2)C(=O)[O-])cc1. The maximum absolute atomic E-state index is 11.4. The Kier molecular flexibility index (Phi) is 5.40. The third kappa shape index (κ3) is 4.42. The molecule has 2 aromatic carbocycles. The molecule has 0 aliphatic rings. The molecule has 0 radical (unpaired) electrons. The number of nitrogens with zero attached hydrogens (tertiary/aromatic N) is 1. The number of carboxylic acid groups (broad SMARTS) is 1. The van der Waals surface area contributed by atoms with Crippen LogP contribution in [0.3, 0.4) is 0 Å². The lowest BCUT2D eigenvalue weighted by Gasteiger charge is -2.07. The number of carboxylic acids is 1. The van der Waals surface area contributed by atoms with Gasteiger partial charge < -0.3 is 19.1 Å². The van der Waals surface area contributed by atoms with Gasteiger partial charge in [0.15, 0.2) is 5.58 Å². The van der Waals surface area contributed by atoms with Gasteiger partial charge in [-0.1, -0.05) is 31.2 Å². The zero-order chi connectivity index (χ0) is 17.6. The molecule has 1 aromatic heterocycles. The van der Waals surface area contributed by atoms with Gasteiger partial charge in [0, 0.05) is 4.91 Å². The number of aliphatic carboxylic acids is 1. The standard InChI is InChI=1S/C19H17NO4S/c1-2-11-23-14-9-7-13(8-10-14)12-17(18(21)22)25-19-20-15-5-3-4-6-16(15)24-19/h3-10,12H,2,11H2,1H3,(H,21,22)/p-1/b17-12+. The number of rotatable bonds is 7. The van der Waals surface area contributed by atoms with Crippen LogP contribution in [0.25, 0.3) is 17.2 Å². The van der Waals surface area contributed by atoms with Crippen LogP contribution in [-0.2, 0) is 4.79 Å². The Balaban J connectivity index is 1.80. The van der Waals surface area contributed by atoms with E-state index in [1.807, 2.05) is 19.1 Å². The summed E-state index contributed by atoms with van der Waals surface area (Å²) in [7, 11) is 0. The summed E-state index contributed by atoms with van der Waals surface area (Å²) >= 11 is 0.926. The van der Waals surface area contributed by atoms with Crippen molar-refractivity contribution in [3.05, 3.63) is 59.0 Å². The van der Waals surface area contributed by atoms with Crippen molar-refractivity contribution in [3.63, 3.8) is 0 Å². The van der Waals surface area contributed by atoms with Crippen molar-refractivity contribution in [2.75, 3.05) is 6.61 Å². The average Bonchev–Trinajstić information content (AvgIpc) is 3.03. The molecule has 0 unspecified atom stereocenters.